The molecule has 0 aliphatic rings. The largest absolute Gasteiger partial charge is 0.404 e. The van der Waals surface area contributed by atoms with Crippen molar-refractivity contribution in [2.75, 3.05) is 0 Å². The minimum Gasteiger partial charge on any atom is -0.404 e. The SMILES string of the molecule is C=CC(CCc1cc(F)cc(F)c1C)N=CC(=CN)Cc1ccccc1. The Morgan fingerprint density at radius 3 is 2.62 bits per heavy atom. The van der Waals surface area contributed by atoms with Gasteiger partial charge in [0.05, 0.1) is 6.04 Å². The van der Waals surface area contributed by atoms with Gasteiger partial charge in [0, 0.05) is 18.7 Å². The molecule has 0 heterocycles. The van der Waals surface area contributed by atoms with E-state index in [1.807, 2.05) is 30.3 Å². The van der Waals surface area contributed by atoms with Crippen LogP contribution in [0.25, 0.3) is 0 Å². The third-order valence-corrected chi connectivity index (χ3v) is 4.30. The predicted octanol–water partition coefficient (Wildman–Crippen LogP) is 4.92. The van der Waals surface area contributed by atoms with Crippen molar-refractivity contribution < 1.29 is 8.78 Å². The summed E-state index contributed by atoms with van der Waals surface area (Å²) in [5.41, 5.74) is 8.89. The fourth-order valence-corrected chi connectivity index (χ4v) is 2.69. The lowest BCUT2D eigenvalue weighted by molar-refractivity contribution is 0.570. The lowest BCUT2D eigenvalue weighted by atomic mass is 10.0. The van der Waals surface area contributed by atoms with E-state index < -0.39 is 11.6 Å². The van der Waals surface area contributed by atoms with E-state index in [1.165, 1.54) is 6.07 Å². The zero-order valence-corrected chi connectivity index (χ0v) is 15.0. The number of nitrogens with zero attached hydrogens (tertiary/aromatic N) is 1. The van der Waals surface area contributed by atoms with Gasteiger partial charge in [-0.2, -0.15) is 0 Å². The highest BCUT2D eigenvalue weighted by Gasteiger charge is 2.09. The van der Waals surface area contributed by atoms with E-state index in [4.69, 9.17) is 5.73 Å². The highest BCUT2D eigenvalue weighted by atomic mass is 19.1. The van der Waals surface area contributed by atoms with Crippen molar-refractivity contribution in [2.45, 2.75) is 32.2 Å². The Hall–Kier alpha value is -2.75. The molecule has 0 fully saturated rings. The molecule has 2 aromatic carbocycles. The van der Waals surface area contributed by atoms with Crippen LogP contribution in [0.15, 0.2) is 71.9 Å². The lowest BCUT2D eigenvalue weighted by Crippen LogP contribution is -2.06. The second-order valence-electron chi connectivity index (χ2n) is 6.20. The molecular weight excluding hydrogens is 330 g/mol. The van der Waals surface area contributed by atoms with Gasteiger partial charge in [-0.3, -0.25) is 4.99 Å². The molecule has 2 N–H and O–H groups in total. The number of benzene rings is 2. The summed E-state index contributed by atoms with van der Waals surface area (Å²) in [5, 5.41) is 0. The maximum absolute atomic E-state index is 13.6. The molecule has 0 amide bonds. The van der Waals surface area contributed by atoms with Crippen LogP contribution in [0.5, 0.6) is 0 Å². The molecule has 136 valence electrons. The van der Waals surface area contributed by atoms with Gasteiger partial charge in [0.1, 0.15) is 11.6 Å². The van der Waals surface area contributed by atoms with Crippen LogP contribution in [0.3, 0.4) is 0 Å². The van der Waals surface area contributed by atoms with Gasteiger partial charge >= 0.3 is 0 Å². The van der Waals surface area contributed by atoms with Crippen LogP contribution < -0.4 is 5.73 Å². The molecule has 1 atom stereocenters. The molecule has 0 bridgehead atoms. The summed E-state index contributed by atoms with van der Waals surface area (Å²) in [6.07, 6.45) is 6.86. The van der Waals surface area contributed by atoms with Crippen LogP contribution in [0.2, 0.25) is 0 Å². The molecule has 0 radical (unpaired) electrons. The third-order valence-electron chi connectivity index (χ3n) is 4.30. The average Bonchev–Trinajstić information content (AvgIpc) is 2.65. The van der Waals surface area contributed by atoms with E-state index in [-0.39, 0.29) is 6.04 Å². The van der Waals surface area contributed by atoms with Crippen LogP contribution in [0.4, 0.5) is 8.78 Å². The zero-order valence-electron chi connectivity index (χ0n) is 15.0. The van der Waals surface area contributed by atoms with Crippen molar-refractivity contribution in [1.29, 1.82) is 0 Å². The fourth-order valence-electron chi connectivity index (χ4n) is 2.69. The molecule has 0 aliphatic carbocycles. The molecule has 0 saturated heterocycles. The predicted molar refractivity (Wildman–Crippen MR) is 104 cm³/mol. The monoisotopic (exact) mass is 354 g/mol. The molecule has 4 heteroatoms. The lowest BCUT2D eigenvalue weighted by Gasteiger charge is -2.11. The molecule has 2 aromatic rings. The van der Waals surface area contributed by atoms with E-state index in [1.54, 1.807) is 25.4 Å². The molecule has 0 aliphatic heterocycles. The molecular formula is C22H24F2N2. The first-order valence-corrected chi connectivity index (χ1v) is 8.58. The number of nitrogens with two attached hydrogens (primary N) is 1. The van der Waals surface area contributed by atoms with Gasteiger partial charge in [0.2, 0.25) is 0 Å². The number of hydrogen-bond acceptors (Lipinski definition) is 2. The first-order valence-electron chi connectivity index (χ1n) is 8.58. The van der Waals surface area contributed by atoms with E-state index in [0.29, 0.717) is 30.4 Å². The van der Waals surface area contributed by atoms with Gasteiger partial charge < -0.3 is 5.73 Å². The number of allylic oxidation sites excluding steroid dienone is 1. The Labute approximate surface area is 153 Å². The maximum atomic E-state index is 13.6. The van der Waals surface area contributed by atoms with Gasteiger partial charge in [-0.05, 0) is 54.3 Å². The summed E-state index contributed by atoms with van der Waals surface area (Å²) in [6.45, 7) is 5.46. The summed E-state index contributed by atoms with van der Waals surface area (Å²) in [6, 6.07) is 12.1. The fraction of sp³-hybridized carbons (Fsp3) is 0.227. The Kier molecular flexibility index (Phi) is 7.27. The molecule has 0 spiro atoms. The van der Waals surface area contributed by atoms with E-state index in [0.717, 1.165) is 17.2 Å². The first kappa shape index (κ1) is 19.6. The Balaban J connectivity index is 2.00. The highest BCUT2D eigenvalue weighted by Crippen LogP contribution is 2.18. The second kappa shape index (κ2) is 9.66. The molecule has 2 rings (SSSR count). The number of aliphatic imine (C=N–C) groups is 1. The summed E-state index contributed by atoms with van der Waals surface area (Å²) in [4.78, 5) is 4.52. The van der Waals surface area contributed by atoms with Crippen LogP contribution in [-0.4, -0.2) is 12.3 Å². The van der Waals surface area contributed by atoms with E-state index >= 15 is 0 Å². The van der Waals surface area contributed by atoms with E-state index in [9.17, 15) is 8.78 Å². The topological polar surface area (TPSA) is 38.4 Å². The van der Waals surface area contributed by atoms with Crippen LogP contribution in [0, 0.1) is 18.6 Å². The Morgan fingerprint density at radius 2 is 1.96 bits per heavy atom. The van der Waals surface area contributed by atoms with Gasteiger partial charge in [-0.1, -0.05) is 36.4 Å². The summed E-state index contributed by atoms with van der Waals surface area (Å²) >= 11 is 0. The number of hydrogen-bond donors (Lipinski definition) is 1. The average molecular weight is 354 g/mol. The quantitative estimate of drug-likeness (QED) is 0.530. The van der Waals surface area contributed by atoms with E-state index in [2.05, 4.69) is 11.6 Å². The minimum atomic E-state index is -0.557. The highest BCUT2D eigenvalue weighted by molar-refractivity contribution is 5.79. The number of aryl methyl sites for hydroxylation is 1. The number of halogens is 2. The Bertz CT molecular complexity index is 795. The van der Waals surface area contributed by atoms with Gasteiger partial charge in [0.25, 0.3) is 0 Å². The number of rotatable bonds is 8. The van der Waals surface area contributed by atoms with Crippen LogP contribution >= 0.6 is 0 Å². The Morgan fingerprint density at radius 1 is 1.23 bits per heavy atom. The first-order chi connectivity index (χ1) is 12.5. The van der Waals surface area contributed by atoms with Gasteiger partial charge in [-0.25, -0.2) is 8.78 Å². The summed E-state index contributed by atoms with van der Waals surface area (Å²) < 4.78 is 27.1. The van der Waals surface area contributed by atoms with Crippen molar-refractivity contribution in [3.8, 4) is 0 Å². The minimum absolute atomic E-state index is 0.147. The smallest absolute Gasteiger partial charge is 0.129 e. The molecule has 2 nitrogen and oxygen atoms in total. The van der Waals surface area contributed by atoms with Crippen molar-refractivity contribution in [2.24, 2.45) is 10.7 Å². The van der Waals surface area contributed by atoms with Crippen molar-refractivity contribution in [3.05, 3.63) is 95.2 Å². The van der Waals surface area contributed by atoms with Gasteiger partial charge in [0.15, 0.2) is 0 Å². The molecule has 1 unspecified atom stereocenters. The molecule has 0 aromatic heterocycles. The van der Waals surface area contributed by atoms with Crippen molar-refractivity contribution in [1.82, 2.24) is 0 Å². The molecule has 26 heavy (non-hydrogen) atoms. The zero-order chi connectivity index (χ0) is 18.9. The van der Waals surface area contributed by atoms with Crippen LogP contribution in [0.1, 0.15) is 23.1 Å². The van der Waals surface area contributed by atoms with Crippen molar-refractivity contribution in [3.63, 3.8) is 0 Å². The molecule has 0 saturated carbocycles. The van der Waals surface area contributed by atoms with Crippen LogP contribution in [-0.2, 0) is 12.8 Å². The second-order valence-corrected chi connectivity index (χ2v) is 6.20. The van der Waals surface area contributed by atoms with Crippen molar-refractivity contribution >= 4 is 6.21 Å². The third kappa shape index (κ3) is 5.66. The summed E-state index contributed by atoms with van der Waals surface area (Å²) in [7, 11) is 0. The summed E-state index contributed by atoms with van der Waals surface area (Å²) in [5.74, 6) is -1.08. The standard InChI is InChI=1S/C22H24F2N2/c1-3-21(10-9-19-12-20(23)13-22(24)16(19)2)26-15-18(14-25)11-17-7-5-4-6-8-17/h3-8,12-15,21H,1,9-11,25H2,2H3. The van der Waals surface area contributed by atoms with Gasteiger partial charge in [-0.15, -0.1) is 6.58 Å². The maximum Gasteiger partial charge on any atom is 0.129 e. The normalized spacial score (nSPS) is 13.1.